The lowest BCUT2D eigenvalue weighted by Crippen LogP contribution is -2.32. The Morgan fingerprint density at radius 1 is 1.38 bits per heavy atom. The highest BCUT2D eigenvalue weighted by molar-refractivity contribution is 5.47. The van der Waals surface area contributed by atoms with E-state index in [1.165, 1.54) is 0 Å². The second kappa shape index (κ2) is 5.85. The highest BCUT2D eigenvalue weighted by Gasteiger charge is 2.17. The molecule has 1 aromatic rings. The lowest BCUT2D eigenvalue weighted by Gasteiger charge is -2.29. The van der Waals surface area contributed by atoms with Crippen molar-refractivity contribution in [3.8, 4) is 0 Å². The molecule has 0 bridgehead atoms. The number of nitrogens with zero attached hydrogens (tertiary/aromatic N) is 2. The van der Waals surface area contributed by atoms with E-state index in [0.29, 0.717) is 6.04 Å². The van der Waals surface area contributed by atoms with E-state index in [-0.39, 0.29) is 0 Å². The third-order valence-corrected chi connectivity index (χ3v) is 3.09. The molecule has 0 radical (unpaired) electrons. The van der Waals surface area contributed by atoms with Gasteiger partial charge in [0.15, 0.2) is 0 Å². The molecule has 0 aliphatic carbocycles. The maximum absolute atomic E-state index is 9.71. The monoisotopic (exact) mass is 222 g/mol. The van der Waals surface area contributed by atoms with Gasteiger partial charge in [-0.2, -0.15) is 0 Å². The zero-order valence-corrected chi connectivity index (χ0v) is 10.6. The predicted octanol–water partition coefficient (Wildman–Crippen LogP) is 2.76. The van der Waals surface area contributed by atoms with Gasteiger partial charge >= 0.3 is 0 Å². The molecule has 1 aromatic heterocycles. The van der Waals surface area contributed by atoms with Crippen LogP contribution in [0.1, 0.15) is 45.3 Å². The topological polar surface area (TPSA) is 36.4 Å². The minimum atomic E-state index is -0.472. The minimum absolute atomic E-state index is 0.472. The molecule has 1 rings (SSSR count). The summed E-state index contributed by atoms with van der Waals surface area (Å²) in [6.07, 6.45) is 3.48. The van der Waals surface area contributed by atoms with E-state index >= 15 is 0 Å². The van der Waals surface area contributed by atoms with Crippen molar-refractivity contribution in [2.75, 3.05) is 11.9 Å². The first-order valence-electron chi connectivity index (χ1n) is 5.97. The van der Waals surface area contributed by atoms with E-state index in [9.17, 15) is 5.11 Å². The molecule has 0 aromatic carbocycles. The summed E-state index contributed by atoms with van der Waals surface area (Å²) in [7, 11) is 2.05. The third kappa shape index (κ3) is 2.73. The van der Waals surface area contributed by atoms with E-state index < -0.39 is 6.10 Å². The van der Waals surface area contributed by atoms with E-state index in [4.69, 9.17) is 0 Å². The average molecular weight is 222 g/mol. The first-order chi connectivity index (χ1) is 7.61. The number of rotatable bonds is 5. The van der Waals surface area contributed by atoms with Crippen LogP contribution in [0.2, 0.25) is 0 Å². The Balaban J connectivity index is 3.02. The van der Waals surface area contributed by atoms with Crippen LogP contribution in [0.4, 0.5) is 5.82 Å². The summed E-state index contributed by atoms with van der Waals surface area (Å²) in [4.78, 5) is 6.55. The van der Waals surface area contributed by atoms with Crippen LogP contribution < -0.4 is 4.90 Å². The van der Waals surface area contributed by atoms with Gasteiger partial charge < -0.3 is 10.0 Å². The van der Waals surface area contributed by atoms with Crippen LogP contribution in [0, 0.1) is 0 Å². The largest absolute Gasteiger partial charge is 0.389 e. The van der Waals surface area contributed by atoms with Crippen LogP contribution in [-0.4, -0.2) is 23.2 Å². The summed E-state index contributed by atoms with van der Waals surface area (Å²) < 4.78 is 0. The average Bonchev–Trinajstić information content (AvgIpc) is 2.30. The number of anilines is 1. The molecule has 0 aliphatic heterocycles. The molecule has 0 fully saturated rings. The fourth-order valence-electron chi connectivity index (χ4n) is 2.04. The molecule has 16 heavy (non-hydrogen) atoms. The van der Waals surface area contributed by atoms with Crippen LogP contribution in [0.15, 0.2) is 18.3 Å². The molecule has 1 heterocycles. The third-order valence-electron chi connectivity index (χ3n) is 3.09. The number of hydrogen-bond donors (Lipinski definition) is 1. The van der Waals surface area contributed by atoms with E-state index in [2.05, 4.69) is 23.7 Å². The van der Waals surface area contributed by atoms with Crippen molar-refractivity contribution in [3.05, 3.63) is 23.9 Å². The van der Waals surface area contributed by atoms with Crippen LogP contribution in [-0.2, 0) is 0 Å². The predicted molar refractivity (Wildman–Crippen MR) is 67.6 cm³/mol. The molecule has 3 nitrogen and oxygen atoms in total. The summed E-state index contributed by atoms with van der Waals surface area (Å²) in [5.74, 6) is 0.895. The highest BCUT2D eigenvalue weighted by atomic mass is 16.3. The number of aliphatic hydroxyl groups excluding tert-OH is 1. The van der Waals surface area contributed by atoms with Crippen LogP contribution in [0.5, 0.6) is 0 Å². The Hall–Kier alpha value is -1.09. The first-order valence-corrected chi connectivity index (χ1v) is 5.97. The molecule has 0 spiro atoms. The summed E-state index contributed by atoms with van der Waals surface area (Å²) >= 11 is 0. The van der Waals surface area contributed by atoms with Crippen molar-refractivity contribution in [3.63, 3.8) is 0 Å². The van der Waals surface area contributed by atoms with Gasteiger partial charge in [-0.05, 0) is 25.8 Å². The van der Waals surface area contributed by atoms with E-state index in [0.717, 1.165) is 24.2 Å². The van der Waals surface area contributed by atoms with Crippen molar-refractivity contribution < 1.29 is 5.11 Å². The van der Waals surface area contributed by atoms with Gasteiger partial charge in [-0.1, -0.05) is 19.9 Å². The van der Waals surface area contributed by atoms with Crippen molar-refractivity contribution >= 4 is 5.82 Å². The fraction of sp³-hybridized carbons (Fsp3) is 0.615. The molecule has 0 aliphatic rings. The Kier molecular flexibility index (Phi) is 4.74. The van der Waals surface area contributed by atoms with Gasteiger partial charge in [-0.25, -0.2) is 4.98 Å². The van der Waals surface area contributed by atoms with Gasteiger partial charge in [0.1, 0.15) is 5.82 Å². The van der Waals surface area contributed by atoms with Gasteiger partial charge in [0, 0.05) is 24.8 Å². The molecule has 0 unspecified atom stereocenters. The smallest absolute Gasteiger partial charge is 0.134 e. The summed E-state index contributed by atoms with van der Waals surface area (Å²) in [6, 6.07) is 4.28. The first kappa shape index (κ1) is 13.0. The normalized spacial score (nSPS) is 12.9. The molecule has 0 saturated heterocycles. The lowest BCUT2D eigenvalue weighted by molar-refractivity contribution is 0.199. The molecular formula is C13H22N2O. The van der Waals surface area contributed by atoms with E-state index in [1.807, 2.05) is 19.2 Å². The van der Waals surface area contributed by atoms with Crippen molar-refractivity contribution in [1.82, 2.24) is 4.98 Å². The van der Waals surface area contributed by atoms with Crippen molar-refractivity contribution in [1.29, 1.82) is 0 Å². The molecule has 0 saturated carbocycles. The molecular weight excluding hydrogens is 200 g/mol. The van der Waals surface area contributed by atoms with Gasteiger partial charge in [-0.3, -0.25) is 0 Å². The van der Waals surface area contributed by atoms with Crippen molar-refractivity contribution in [2.45, 2.75) is 45.8 Å². The second-order valence-electron chi connectivity index (χ2n) is 4.17. The minimum Gasteiger partial charge on any atom is -0.389 e. The summed E-state index contributed by atoms with van der Waals surface area (Å²) in [5.41, 5.74) is 0.900. The number of aromatic nitrogens is 1. The van der Waals surface area contributed by atoms with Crippen LogP contribution in [0.25, 0.3) is 0 Å². The maximum Gasteiger partial charge on any atom is 0.134 e. The van der Waals surface area contributed by atoms with Crippen LogP contribution >= 0.6 is 0 Å². The quantitative estimate of drug-likeness (QED) is 0.832. The van der Waals surface area contributed by atoms with Crippen molar-refractivity contribution in [2.24, 2.45) is 0 Å². The summed E-state index contributed by atoms with van der Waals surface area (Å²) in [5, 5.41) is 9.71. The Morgan fingerprint density at radius 3 is 2.50 bits per heavy atom. The number of aliphatic hydroxyl groups is 1. The SMILES string of the molecule is CCC(CC)N(C)c1ncccc1[C@H](C)O. The van der Waals surface area contributed by atoms with Gasteiger partial charge in [0.25, 0.3) is 0 Å². The molecule has 3 heteroatoms. The van der Waals surface area contributed by atoms with Gasteiger partial charge in [0.2, 0.25) is 0 Å². The lowest BCUT2D eigenvalue weighted by atomic mass is 10.1. The zero-order valence-electron chi connectivity index (χ0n) is 10.6. The Labute approximate surface area is 98.1 Å². The standard InChI is InChI=1S/C13H22N2O/c1-5-11(6-2)15(4)13-12(10(3)16)8-7-9-14-13/h7-11,16H,5-6H2,1-4H3/t10-/m0/s1. The number of hydrogen-bond acceptors (Lipinski definition) is 3. The fourth-order valence-corrected chi connectivity index (χ4v) is 2.04. The highest BCUT2D eigenvalue weighted by Crippen LogP contribution is 2.25. The molecule has 1 N–H and O–H groups in total. The molecule has 90 valence electrons. The zero-order chi connectivity index (χ0) is 12.1. The second-order valence-corrected chi connectivity index (χ2v) is 4.17. The Morgan fingerprint density at radius 2 is 2.00 bits per heavy atom. The number of pyridine rings is 1. The molecule has 1 atom stereocenters. The van der Waals surface area contributed by atoms with E-state index in [1.54, 1.807) is 13.1 Å². The summed E-state index contributed by atoms with van der Waals surface area (Å²) in [6.45, 7) is 6.13. The Bertz CT molecular complexity index is 321. The maximum atomic E-state index is 9.71. The van der Waals surface area contributed by atoms with Gasteiger partial charge in [-0.15, -0.1) is 0 Å². The van der Waals surface area contributed by atoms with Crippen LogP contribution in [0.3, 0.4) is 0 Å². The van der Waals surface area contributed by atoms with Gasteiger partial charge in [0.05, 0.1) is 6.10 Å². The molecule has 0 amide bonds.